The maximum absolute atomic E-state index is 14.1. The summed E-state index contributed by atoms with van der Waals surface area (Å²) in [6.45, 7) is 1.78. The summed E-state index contributed by atoms with van der Waals surface area (Å²) in [6.07, 6.45) is 0.322. The molecule has 2 heterocycles. The highest BCUT2D eigenvalue weighted by molar-refractivity contribution is 6.35. The number of rotatable bonds is 5. The quantitative estimate of drug-likeness (QED) is 0.377. The average molecular weight is 502 g/mol. The van der Waals surface area contributed by atoms with E-state index in [1.807, 2.05) is 6.07 Å². The third-order valence-corrected chi connectivity index (χ3v) is 5.59. The van der Waals surface area contributed by atoms with Crippen LogP contribution in [0.25, 0.3) is 16.6 Å². The third kappa shape index (κ3) is 4.23. The van der Waals surface area contributed by atoms with Gasteiger partial charge in [-0.05, 0) is 30.7 Å². The third-order valence-electron chi connectivity index (χ3n) is 5.00. The highest BCUT2D eigenvalue weighted by atomic mass is 35.5. The zero-order valence-corrected chi connectivity index (χ0v) is 19.0. The van der Waals surface area contributed by atoms with Crippen LogP contribution in [0.1, 0.15) is 30.8 Å². The van der Waals surface area contributed by atoms with Crippen molar-refractivity contribution in [2.24, 2.45) is 0 Å². The summed E-state index contributed by atoms with van der Waals surface area (Å²) in [5.41, 5.74) is 5.18. The number of nitrogens with two attached hydrogens (primary N) is 1. The van der Waals surface area contributed by atoms with Crippen molar-refractivity contribution in [1.82, 2.24) is 19.5 Å². The molecule has 8 nitrogen and oxygen atoms in total. The minimum Gasteiger partial charge on any atom is -0.368 e. The molecule has 34 heavy (non-hydrogen) atoms. The van der Waals surface area contributed by atoms with E-state index in [0.717, 1.165) is 16.7 Å². The number of hydrogen-bond acceptors (Lipinski definition) is 7. The molecule has 12 heteroatoms. The first-order chi connectivity index (χ1) is 16.2. The minimum absolute atomic E-state index is 0.0178. The molecule has 0 saturated heterocycles. The summed E-state index contributed by atoms with van der Waals surface area (Å²) < 4.78 is 29.2. The fourth-order valence-electron chi connectivity index (χ4n) is 3.53. The second kappa shape index (κ2) is 9.21. The maximum Gasteiger partial charge on any atom is 0.267 e. The Morgan fingerprint density at radius 3 is 2.53 bits per heavy atom. The summed E-state index contributed by atoms with van der Waals surface area (Å²) in [5.74, 6) is -1.82. The molecular formula is C22H15Cl2F2N7O. The normalized spacial score (nSPS) is 11.9. The molecule has 0 aliphatic carbocycles. The lowest BCUT2D eigenvalue weighted by atomic mass is 10.1. The van der Waals surface area contributed by atoms with Gasteiger partial charge in [-0.1, -0.05) is 36.2 Å². The van der Waals surface area contributed by atoms with Crippen molar-refractivity contribution < 1.29 is 8.78 Å². The number of hydrogen-bond donors (Lipinski definition) is 2. The molecule has 0 bridgehead atoms. The second-order valence-corrected chi connectivity index (χ2v) is 7.95. The molecule has 2 aromatic carbocycles. The van der Waals surface area contributed by atoms with Gasteiger partial charge in [0.15, 0.2) is 11.0 Å². The van der Waals surface area contributed by atoms with Gasteiger partial charge in [0.05, 0.1) is 27.7 Å². The number of nitrogens with one attached hydrogen (secondary N) is 1. The van der Waals surface area contributed by atoms with E-state index in [4.69, 9.17) is 28.9 Å². The number of nitriles is 1. The molecule has 0 aliphatic heterocycles. The predicted molar refractivity (Wildman–Crippen MR) is 125 cm³/mol. The Morgan fingerprint density at radius 2 is 1.88 bits per heavy atom. The Hall–Kier alpha value is -3.81. The summed E-state index contributed by atoms with van der Waals surface area (Å²) >= 11 is 12.3. The molecule has 3 N–H and O–H groups in total. The minimum atomic E-state index is -0.879. The fourth-order valence-corrected chi connectivity index (χ4v) is 3.99. The molecule has 4 aromatic rings. The molecule has 0 radical (unpaired) electrons. The molecule has 2 aromatic heterocycles. The summed E-state index contributed by atoms with van der Waals surface area (Å²) in [6, 6.07) is 8.57. The van der Waals surface area contributed by atoms with Gasteiger partial charge in [-0.25, -0.2) is 13.8 Å². The molecule has 0 aliphatic rings. The number of nitrogens with zero attached hydrogens (tertiary/aromatic N) is 5. The Balaban J connectivity index is 2.01. The van der Waals surface area contributed by atoms with Crippen LogP contribution < -0.4 is 16.6 Å². The van der Waals surface area contributed by atoms with Crippen molar-refractivity contribution in [2.45, 2.75) is 19.4 Å². The van der Waals surface area contributed by atoms with E-state index in [2.05, 4.69) is 20.3 Å². The molecule has 0 saturated carbocycles. The van der Waals surface area contributed by atoms with Crippen LogP contribution >= 0.6 is 23.2 Å². The number of benzene rings is 2. The van der Waals surface area contributed by atoms with Crippen LogP contribution in [0.15, 0.2) is 41.2 Å². The number of aromatic nitrogens is 4. The van der Waals surface area contributed by atoms with Crippen LogP contribution in [-0.2, 0) is 0 Å². The van der Waals surface area contributed by atoms with Gasteiger partial charge in [0.25, 0.3) is 5.56 Å². The number of anilines is 2. The Bertz CT molecular complexity index is 1510. The van der Waals surface area contributed by atoms with Crippen molar-refractivity contribution in [1.29, 1.82) is 5.26 Å². The first kappa shape index (κ1) is 23.4. The first-order valence-electron chi connectivity index (χ1n) is 9.90. The monoisotopic (exact) mass is 501 g/mol. The zero-order chi connectivity index (χ0) is 24.6. The SMILES string of the molecule is CC[C@H](Nc1nc(N)nc(Cl)c1C#N)c1nc2cccc(Cl)c2c(=O)n1-c1cc(F)cc(F)c1. The van der Waals surface area contributed by atoms with Crippen molar-refractivity contribution in [3.63, 3.8) is 0 Å². The van der Waals surface area contributed by atoms with Crippen LogP contribution in [0.2, 0.25) is 10.2 Å². The van der Waals surface area contributed by atoms with Crippen LogP contribution in [-0.4, -0.2) is 19.5 Å². The van der Waals surface area contributed by atoms with Gasteiger partial charge in [0.2, 0.25) is 5.95 Å². The number of nitrogen functional groups attached to an aromatic ring is 1. The zero-order valence-electron chi connectivity index (χ0n) is 17.5. The van der Waals surface area contributed by atoms with Crippen LogP contribution in [0.3, 0.4) is 0 Å². The maximum atomic E-state index is 14.1. The summed E-state index contributed by atoms with van der Waals surface area (Å²) in [5, 5.41) is 12.6. The molecule has 0 amide bonds. The van der Waals surface area contributed by atoms with E-state index in [-0.39, 0.29) is 49.9 Å². The molecular weight excluding hydrogens is 487 g/mol. The van der Waals surface area contributed by atoms with E-state index in [1.165, 1.54) is 6.07 Å². The topological polar surface area (TPSA) is 123 Å². The molecule has 0 spiro atoms. The lowest BCUT2D eigenvalue weighted by molar-refractivity contribution is 0.578. The summed E-state index contributed by atoms with van der Waals surface area (Å²) in [4.78, 5) is 25.9. The first-order valence-corrected chi connectivity index (χ1v) is 10.7. The molecule has 1 atom stereocenters. The average Bonchev–Trinajstić information content (AvgIpc) is 2.76. The molecule has 172 valence electrons. The van der Waals surface area contributed by atoms with Gasteiger partial charge in [0, 0.05) is 6.07 Å². The standard InChI is InChI=1S/C22H15Cl2F2N7O/c1-2-15(29-19-13(9-27)18(24)31-22(28)32-19)20-30-16-5-3-4-14(23)17(16)21(34)33(20)12-7-10(25)6-11(26)8-12/h3-8,15H,2H2,1H3,(H3,28,29,31,32)/t15-/m0/s1. The van der Waals surface area contributed by atoms with E-state index in [9.17, 15) is 18.8 Å². The lowest BCUT2D eigenvalue weighted by Gasteiger charge is -2.23. The predicted octanol–water partition coefficient (Wildman–Crippen LogP) is 4.78. The van der Waals surface area contributed by atoms with Crippen molar-refractivity contribution in [2.75, 3.05) is 11.1 Å². The molecule has 0 unspecified atom stereocenters. The summed E-state index contributed by atoms with van der Waals surface area (Å²) in [7, 11) is 0. The molecule has 0 fully saturated rings. The Morgan fingerprint density at radius 1 is 1.18 bits per heavy atom. The van der Waals surface area contributed by atoms with Crippen molar-refractivity contribution >= 4 is 45.9 Å². The van der Waals surface area contributed by atoms with Gasteiger partial charge in [-0.15, -0.1) is 0 Å². The van der Waals surface area contributed by atoms with Gasteiger partial charge >= 0.3 is 0 Å². The van der Waals surface area contributed by atoms with Gasteiger partial charge in [-0.2, -0.15) is 15.2 Å². The van der Waals surface area contributed by atoms with Crippen LogP contribution in [0, 0.1) is 23.0 Å². The van der Waals surface area contributed by atoms with E-state index in [0.29, 0.717) is 12.5 Å². The highest BCUT2D eigenvalue weighted by Gasteiger charge is 2.24. The number of fused-ring (bicyclic) bond motifs is 1. The second-order valence-electron chi connectivity index (χ2n) is 7.19. The smallest absolute Gasteiger partial charge is 0.267 e. The number of halogens is 4. The van der Waals surface area contributed by atoms with Crippen molar-refractivity contribution in [3.8, 4) is 11.8 Å². The van der Waals surface area contributed by atoms with Crippen molar-refractivity contribution in [3.05, 3.63) is 80.0 Å². The Kier molecular flexibility index (Phi) is 6.32. The largest absolute Gasteiger partial charge is 0.368 e. The van der Waals surface area contributed by atoms with E-state index < -0.39 is 23.2 Å². The van der Waals surface area contributed by atoms with Crippen LogP contribution in [0.5, 0.6) is 0 Å². The van der Waals surface area contributed by atoms with Gasteiger partial charge in [-0.3, -0.25) is 9.36 Å². The van der Waals surface area contributed by atoms with Gasteiger partial charge < -0.3 is 11.1 Å². The highest BCUT2D eigenvalue weighted by Crippen LogP contribution is 2.29. The van der Waals surface area contributed by atoms with E-state index in [1.54, 1.807) is 19.1 Å². The van der Waals surface area contributed by atoms with Gasteiger partial charge in [0.1, 0.15) is 29.1 Å². The lowest BCUT2D eigenvalue weighted by Crippen LogP contribution is -2.29. The Labute approximate surface area is 201 Å². The molecule has 4 rings (SSSR count). The van der Waals surface area contributed by atoms with Crippen LogP contribution in [0.4, 0.5) is 20.5 Å². The fraction of sp³-hybridized carbons (Fsp3) is 0.136. The van der Waals surface area contributed by atoms with E-state index >= 15 is 0 Å².